The Labute approximate surface area is 167 Å². The lowest BCUT2D eigenvalue weighted by Crippen LogP contribution is -2.28. The summed E-state index contributed by atoms with van der Waals surface area (Å²) < 4.78 is 27.8. The molecule has 0 bridgehead atoms. The van der Waals surface area contributed by atoms with Crippen molar-refractivity contribution in [3.05, 3.63) is 29.3 Å². The highest BCUT2D eigenvalue weighted by Gasteiger charge is 2.28. The van der Waals surface area contributed by atoms with E-state index in [9.17, 15) is 13.2 Å². The number of carbonyl (C=O) groups excluding carboxylic acids is 1. The Morgan fingerprint density at radius 3 is 2.74 bits per heavy atom. The van der Waals surface area contributed by atoms with Gasteiger partial charge >= 0.3 is 0 Å². The first-order valence-corrected chi connectivity index (χ1v) is 12.0. The van der Waals surface area contributed by atoms with Crippen LogP contribution in [-0.4, -0.2) is 47.7 Å². The molecule has 0 radical (unpaired) electrons. The normalized spacial score (nSPS) is 15.2. The third kappa shape index (κ3) is 4.68. The third-order valence-corrected chi connectivity index (χ3v) is 8.29. The first kappa shape index (κ1) is 20.2. The Kier molecular flexibility index (Phi) is 6.51. The number of benzene rings is 1. The number of nitrogens with zero attached hydrogens (tertiary/aromatic N) is 3. The molecule has 1 saturated heterocycles. The molecule has 1 N–H and O–H groups in total. The topological polar surface area (TPSA) is 92.3 Å². The third-order valence-electron chi connectivity index (χ3n) is 4.21. The summed E-state index contributed by atoms with van der Waals surface area (Å²) in [6.07, 6.45) is 2.77. The molecule has 10 heteroatoms. The second-order valence-corrected chi connectivity index (χ2v) is 10.5. The number of aromatic nitrogens is 2. The highest BCUT2D eigenvalue weighted by atomic mass is 32.2. The molecule has 1 amide bonds. The number of sulfonamides is 1. The van der Waals surface area contributed by atoms with E-state index in [0.717, 1.165) is 29.4 Å². The van der Waals surface area contributed by atoms with E-state index in [-0.39, 0.29) is 10.8 Å². The van der Waals surface area contributed by atoms with Gasteiger partial charge in [-0.15, -0.1) is 10.2 Å². The van der Waals surface area contributed by atoms with Crippen molar-refractivity contribution in [3.8, 4) is 0 Å². The molecule has 0 atom stereocenters. The number of amides is 1. The fraction of sp³-hybridized carbons (Fsp3) is 0.471. The zero-order chi connectivity index (χ0) is 19.4. The number of anilines is 1. The standard InChI is InChI=1S/C17H22N4O3S3/c1-3-10-25-17-20-19-16(26-17)18-15(22)14-11-13(7-6-12(14)2)27(23,24)21-8-4-5-9-21/h6-7,11H,3-5,8-10H2,1-2H3,(H,18,19,22). The van der Waals surface area contributed by atoms with Crippen molar-refractivity contribution < 1.29 is 13.2 Å². The van der Waals surface area contributed by atoms with Gasteiger partial charge in [0.05, 0.1) is 4.90 Å². The SMILES string of the molecule is CCCSc1nnc(NC(=O)c2cc(S(=O)(=O)N3CCCC3)ccc2C)s1. The Hall–Kier alpha value is -1.49. The monoisotopic (exact) mass is 426 g/mol. The molecule has 1 aromatic heterocycles. The lowest BCUT2D eigenvalue weighted by atomic mass is 10.1. The van der Waals surface area contributed by atoms with Crippen LogP contribution in [-0.2, 0) is 10.0 Å². The number of carbonyl (C=O) groups is 1. The predicted octanol–water partition coefficient (Wildman–Crippen LogP) is 3.39. The first-order valence-electron chi connectivity index (χ1n) is 8.80. The van der Waals surface area contributed by atoms with Crippen LogP contribution in [0.3, 0.4) is 0 Å². The molecule has 2 aromatic rings. The molecule has 0 saturated carbocycles. The summed E-state index contributed by atoms with van der Waals surface area (Å²) >= 11 is 2.91. The van der Waals surface area contributed by atoms with Crippen LogP contribution in [0.25, 0.3) is 0 Å². The van der Waals surface area contributed by atoms with E-state index in [1.54, 1.807) is 30.8 Å². The maximum absolute atomic E-state index is 12.8. The number of rotatable bonds is 7. The number of nitrogens with one attached hydrogen (secondary N) is 1. The van der Waals surface area contributed by atoms with E-state index in [1.807, 2.05) is 0 Å². The van der Waals surface area contributed by atoms with E-state index in [2.05, 4.69) is 22.4 Å². The minimum Gasteiger partial charge on any atom is -0.296 e. The van der Waals surface area contributed by atoms with Gasteiger partial charge in [-0.2, -0.15) is 4.31 Å². The number of thioether (sulfide) groups is 1. The van der Waals surface area contributed by atoms with Crippen LogP contribution in [0, 0.1) is 6.92 Å². The molecule has 3 rings (SSSR count). The van der Waals surface area contributed by atoms with Crippen molar-refractivity contribution in [2.75, 3.05) is 24.2 Å². The van der Waals surface area contributed by atoms with Gasteiger partial charge in [0, 0.05) is 24.4 Å². The van der Waals surface area contributed by atoms with Gasteiger partial charge < -0.3 is 0 Å². The van der Waals surface area contributed by atoms with Crippen molar-refractivity contribution in [2.24, 2.45) is 0 Å². The summed E-state index contributed by atoms with van der Waals surface area (Å²) in [7, 11) is -3.57. The summed E-state index contributed by atoms with van der Waals surface area (Å²) in [6.45, 7) is 4.92. The van der Waals surface area contributed by atoms with Crippen LogP contribution in [0.5, 0.6) is 0 Å². The molecule has 0 unspecified atom stereocenters. The van der Waals surface area contributed by atoms with Crippen LogP contribution in [0.1, 0.15) is 42.1 Å². The number of aryl methyl sites for hydroxylation is 1. The summed E-state index contributed by atoms with van der Waals surface area (Å²) in [5.74, 6) is 0.562. The number of hydrogen-bond donors (Lipinski definition) is 1. The summed E-state index contributed by atoms with van der Waals surface area (Å²) in [5, 5.41) is 11.2. The van der Waals surface area contributed by atoms with E-state index in [0.29, 0.717) is 29.3 Å². The smallest absolute Gasteiger partial charge is 0.257 e. The average Bonchev–Trinajstić information content (AvgIpc) is 3.32. The molecular formula is C17H22N4O3S3. The molecule has 1 aliphatic rings. The van der Waals surface area contributed by atoms with E-state index in [4.69, 9.17) is 0 Å². The molecule has 2 heterocycles. The van der Waals surface area contributed by atoms with Gasteiger partial charge in [-0.05, 0) is 43.9 Å². The van der Waals surface area contributed by atoms with Crippen molar-refractivity contribution in [1.82, 2.24) is 14.5 Å². The van der Waals surface area contributed by atoms with Gasteiger partial charge in [0.15, 0.2) is 4.34 Å². The fourth-order valence-electron chi connectivity index (χ4n) is 2.76. The number of hydrogen-bond acceptors (Lipinski definition) is 7. The lowest BCUT2D eigenvalue weighted by molar-refractivity contribution is 0.102. The van der Waals surface area contributed by atoms with Crippen molar-refractivity contribution in [3.63, 3.8) is 0 Å². The van der Waals surface area contributed by atoms with Crippen molar-refractivity contribution in [1.29, 1.82) is 0 Å². The molecule has 146 valence electrons. The largest absolute Gasteiger partial charge is 0.296 e. The van der Waals surface area contributed by atoms with Crippen molar-refractivity contribution >= 4 is 44.2 Å². The molecule has 0 aliphatic carbocycles. The van der Waals surface area contributed by atoms with Gasteiger partial charge in [-0.1, -0.05) is 36.1 Å². The van der Waals surface area contributed by atoms with Crippen LogP contribution in [0.4, 0.5) is 5.13 Å². The fourth-order valence-corrected chi connectivity index (χ4v) is 5.97. The summed E-state index contributed by atoms with van der Waals surface area (Å²) in [5.41, 5.74) is 1.03. The maximum atomic E-state index is 12.8. The Bertz CT molecular complexity index is 921. The minimum atomic E-state index is -3.57. The zero-order valence-corrected chi connectivity index (χ0v) is 17.7. The van der Waals surface area contributed by atoms with Crippen molar-refractivity contribution in [2.45, 2.75) is 42.3 Å². The van der Waals surface area contributed by atoms with E-state index in [1.165, 1.54) is 21.7 Å². The highest BCUT2D eigenvalue weighted by Crippen LogP contribution is 2.27. The van der Waals surface area contributed by atoms with E-state index >= 15 is 0 Å². The first-order chi connectivity index (χ1) is 12.9. The van der Waals surface area contributed by atoms with Gasteiger partial charge in [0.25, 0.3) is 5.91 Å². The van der Waals surface area contributed by atoms with Gasteiger partial charge in [0.1, 0.15) is 0 Å². The summed E-state index contributed by atoms with van der Waals surface area (Å²) in [4.78, 5) is 12.8. The van der Waals surface area contributed by atoms with Gasteiger partial charge in [-0.25, -0.2) is 8.42 Å². The molecule has 1 aromatic carbocycles. The van der Waals surface area contributed by atoms with Gasteiger partial charge in [0.2, 0.25) is 15.2 Å². The summed E-state index contributed by atoms with van der Waals surface area (Å²) in [6, 6.07) is 4.68. The average molecular weight is 427 g/mol. The highest BCUT2D eigenvalue weighted by molar-refractivity contribution is 8.01. The lowest BCUT2D eigenvalue weighted by Gasteiger charge is -2.16. The van der Waals surface area contributed by atoms with E-state index < -0.39 is 10.0 Å². The predicted molar refractivity (Wildman–Crippen MR) is 108 cm³/mol. The maximum Gasteiger partial charge on any atom is 0.257 e. The zero-order valence-electron chi connectivity index (χ0n) is 15.3. The Morgan fingerprint density at radius 1 is 1.30 bits per heavy atom. The van der Waals surface area contributed by atoms with Gasteiger partial charge in [-0.3, -0.25) is 10.1 Å². The molecule has 1 fully saturated rings. The quantitative estimate of drug-likeness (QED) is 0.539. The Balaban J connectivity index is 1.79. The second-order valence-electron chi connectivity index (χ2n) is 6.26. The van der Waals surface area contributed by atoms with Crippen LogP contribution in [0.2, 0.25) is 0 Å². The second kappa shape index (κ2) is 8.68. The molecule has 7 nitrogen and oxygen atoms in total. The Morgan fingerprint density at radius 2 is 2.04 bits per heavy atom. The van der Waals surface area contributed by atoms with Crippen LogP contribution < -0.4 is 5.32 Å². The molecule has 27 heavy (non-hydrogen) atoms. The van der Waals surface area contributed by atoms with Crippen LogP contribution in [0.15, 0.2) is 27.4 Å². The molecule has 1 aliphatic heterocycles. The molecule has 0 spiro atoms. The van der Waals surface area contributed by atoms with Crippen LogP contribution >= 0.6 is 23.1 Å². The molecular weight excluding hydrogens is 404 g/mol. The minimum absolute atomic E-state index is 0.150.